The summed E-state index contributed by atoms with van der Waals surface area (Å²) in [5.74, 6) is -0.243. The predicted molar refractivity (Wildman–Crippen MR) is 102 cm³/mol. The molecular formula is C17H18IN3O2. The minimum Gasteiger partial charge on any atom is -0.386 e. The van der Waals surface area contributed by atoms with E-state index in [0.717, 1.165) is 20.5 Å². The summed E-state index contributed by atoms with van der Waals surface area (Å²) in [4.78, 5) is 18.8. The van der Waals surface area contributed by atoms with Gasteiger partial charge in [-0.2, -0.15) is 0 Å². The number of hydrogen-bond donors (Lipinski definition) is 1. The van der Waals surface area contributed by atoms with E-state index in [2.05, 4.69) is 33.1 Å². The number of carbonyl (C=O) groups is 1. The Labute approximate surface area is 149 Å². The first kappa shape index (κ1) is 17.3. The fraction of sp³-hybridized carbons (Fsp3) is 0.176. The van der Waals surface area contributed by atoms with Crippen molar-refractivity contribution in [3.63, 3.8) is 0 Å². The van der Waals surface area contributed by atoms with Crippen LogP contribution in [0, 0.1) is 3.57 Å². The lowest BCUT2D eigenvalue weighted by Crippen LogP contribution is -2.17. The Morgan fingerprint density at radius 3 is 2.65 bits per heavy atom. The van der Waals surface area contributed by atoms with Gasteiger partial charge in [-0.3, -0.25) is 4.79 Å². The summed E-state index contributed by atoms with van der Waals surface area (Å²) >= 11 is 2.19. The molecule has 0 saturated carbocycles. The summed E-state index contributed by atoms with van der Waals surface area (Å²) in [7, 11) is 3.97. The molecule has 0 radical (unpaired) electrons. The van der Waals surface area contributed by atoms with Crippen LogP contribution >= 0.6 is 22.6 Å². The molecule has 1 amide bonds. The van der Waals surface area contributed by atoms with Gasteiger partial charge in [-0.25, -0.2) is 0 Å². The van der Waals surface area contributed by atoms with Crippen LogP contribution < -0.4 is 10.2 Å². The summed E-state index contributed by atoms with van der Waals surface area (Å²) < 4.78 is 1.06. The Kier molecular flexibility index (Phi) is 6.40. The van der Waals surface area contributed by atoms with Gasteiger partial charge in [0.1, 0.15) is 0 Å². The third-order valence-electron chi connectivity index (χ3n) is 2.99. The van der Waals surface area contributed by atoms with Gasteiger partial charge in [0.15, 0.2) is 6.61 Å². The molecule has 120 valence electrons. The summed E-state index contributed by atoms with van der Waals surface area (Å²) in [5.41, 5.74) is 2.77. The van der Waals surface area contributed by atoms with Crippen LogP contribution in [0.4, 0.5) is 11.4 Å². The zero-order valence-corrected chi connectivity index (χ0v) is 15.1. The van der Waals surface area contributed by atoms with Crippen LogP contribution in [-0.2, 0) is 9.63 Å². The van der Waals surface area contributed by atoms with Crippen molar-refractivity contribution in [2.24, 2.45) is 5.16 Å². The zero-order chi connectivity index (χ0) is 16.7. The molecular weight excluding hydrogens is 405 g/mol. The Morgan fingerprint density at radius 1 is 1.26 bits per heavy atom. The van der Waals surface area contributed by atoms with E-state index in [9.17, 15) is 4.79 Å². The molecule has 0 atom stereocenters. The van der Waals surface area contributed by atoms with Gasteiger partial charge in [0.2, 0.25) is 0 Å². The van der Waals surface area contributed by atoms with E-state index in [1.54, 1.807) is 6.21 Å². The fourth-order valence-corrected chi connectivity index (χ4v) is 2.36. The van der Waals surface area contributed by atoms with Gasteiger partial charge >= 0.3 is 0 Å². The second kappa shape index (κ2) is 8.52. The maximum absolute atomic E-state index is 11.7. The van der Waals surface area contributed by atoms with Crippen LogP contribution in [0.1, 0.15) is 5.56 Å². The van der Waals surface area contributed by atoms with Crippen LogP contribution in [0.5, 0.6) is 0 Å². The monoisotopic (exact) mass is 423 g/mol. The first-order valence-electron chi connectivity index (χ1n) is 7.03. The van der Waals surface area contributed by atoms with Crippen LogP contribution in [-0.4, -0.2) is 32.8 Å². The number of carbonyl (C=O) groups excluding carboxylic acids is 1. The van der Waals surface area contributed by atoms with Gasteiger partial charge in [0.25, 0.3) is 5.91 Å². The minimum absolute atomic E-state index is 0.127. The summed E-state index contributed by atoms with van der Waals surface area (Å²) in [6, 6.07) is 15.4. The van der Waals surface area contributed by atoms with Crippen LogP contribution in [0.3, 0.4) is 0 Å². The number of hydrogen-bond acceptors (Lipinski definition) is 4. The fourth-order valence-electron chi connectivity index (χ4n) is 1.82. The van der Waals surface area contributed by atoms with Crippen molar-refractivity contribution in [2.75, 3.05) is 30.9 Å². The number of nitrogens with one attached hydrogen (secondary N) is 1. The molecule has 0 unspecified atom stereocenters. The smallest absolute Gasteiger partial charge is 0.265 e. The van der Waals surface area contributed by atoms with E-state index in [1.807, 2.05) is 67.5 Å². The number of anilines is 2. The molecule has 1 N–H and O–H groups in total. The van der Waals surface area contributed by atoms with E-state index in [4.69, 9.17) is 4.84 Å². The molecule has 2 aromatic rings. The summed E-state index contributed by atoms with van der Waals surface area (Å²) in [5, 5.41) is 6.57. The van der Waals surface area contributed by atoms with Gasteiger partial charge in [0.05, 0.1) is 6.21 Å². The first-order valence-corrected chi connectivity index (χ1v) is 8.10. The Morgan fingerprint density at radius 2 is 2.00 bits per heavy atom. The maximum atomic E-state index is 11.7. The van der Waals surface area contributed by atoms with Crippen molar-refractivity contribution in [3.05, 3.63) is 57.7 Å². The summed E-state index contributed by atoms with van der Waals surface area (Å²) in [6.07, 6.45) is 1.58. The molecule has 0 aliphatic heterocycles. The zero-order valence-electron chi connectivity index (χ0n) is 13.0. The van der Waals surface area contributed by atoms with E-state index in [0.29, 0.717) is 0 Å². The number of nitrogens with zero attached hydrogens (tertiary/aromatic N) is 2. The van der Waals surface area contributed by atoms with Crippen molar-refractivity contribution in [3.8, 4) is 0 Å². The van der Waals surface area contributed by atoms with E-state index in [-0.39, 0.29) is 12.5 Å². The van der Waals surface area contributed by atoms with Crippen molar-refractivity contribution in [1.29, 1.82) is 0 Å². The number of oxime groups is 1. The maximum Gasteiger partial charge on any atom is 0.265 e. The molecule has 2 aromatic carbocycles. The quantitative estimate of drug-likeness (QED) is 0.441. The molecule has 0 bridgehead atoms. The number of halogens is 1. The molecule has 0 spiro atoms. The van der Waals surface area contributed by atoms with Crippen LogP contribution in [0.2, 0.25) is 0 Å². The minimum atomic E-state index is -0.243. The van der Waals surface area contributed by atoms with Gasteiger partial charge in [-0.05, 0) is 58.5 Å². The Hall–Kier alpha value is -2.09. The molecule has 0 saturated heterocycles. The SMILES string of the molecule is CN(C)c1ccc(/C=N/OCC(=O)Nc2cccc(I)c2)cc1. The van der Waals surface area contributed by atoms with Gasteiger partial charge in [-0.15, -0.1) is 0 Å². The van der Waals surface area contributed by atoms with E-state index < -0.39 is 0 Å². The number of benzene rings is 2. The molecule has 2 rings (SSSR count). The molecule has 23 heavy (non-hydrogen) atoms. The molecule has 0 fully saturated rings. The second-order valence-corrected chi connectivity index (χ2v) is 6.30. The molecule has 0 aliphatic rings. The lowest BCUT2D eigenvalue weighted by atomic mass is 10.2. The van der Waals surface area contributed by atoms with Gasteiger partial charge < -0.3 is 15.1 Å². The van der Waals surface area contributed by atoms with Crippen molar-refractivity contribution < 1.29 is 9.63 Å². The largest absolute Gasteiger partial charge is 0.386 e. The third kappa shape index (κ3) is 5.90. The third-order valence-corrected chi connectivity index (χ3v) is 3.66. The van der Waals surface area contributed by atoms with E-state index in [1.165, 1.54) is 0 Å². The Balaban J connectivity index is 1.78. The number of rotatable bonds is 6. The average Bonchev–Trinajstić information content (AvgIpc) is 2.52. The van der Waals surface area contributed by atoms with Crippen molar-refractivity contribution in [2.45, 2.75) is 0 Å². The lowest BCUT2D eigenvalue weighted by Gasteiger charge is -2.11. The highest BCUT2D eigenvalue weighted by molar-refractivity contribution is 14.1. The highest BCUT2D eigenvalue weighted by atomic mass is 127. The molecule has 6 heteroatoms. The highest BCUT2D eigenvalue weighted by Crippen LogP contribution is 2.12. The van der Waals surface area contributed by atoms with Crippen molar-refractivity contribution >= 4 is 46.1 Å². The first-order chi connectivity index (χ1) is 11.0. The average molecular weight is 423 g/mol. The summed E-state index contributed by atoms with van der Waals surface area (Å²) in [6.45, 7) is -0.127. The molecule has 0 aliphatic carbocycles. The van der Waals surface area contributed by atoms with Crippen LogP contribution in [0.25, 0.3) is 0 Å². The molecule has 0 aromatic heterocycles. The highest BCUT2D eigenvalue weighted by Gasteiger charge is 2.02. The molecule has 0 heterocycles. The molecule has 5 nitrogen and oxygen atoms in total. The standard InChI is InChI=1S/C17H18IN3O2/c1-21(2)16-8-6-13(7-9-16)11-19-23-12-17(22)20-15-5-3-4-14(18)10-15/h3-11H,12H2,1-2H3,(H,20,22)/b19-11+. The van der Waals surface area contributed by atoms with E-state index >= 15 is 0 Å². The topological polar surface area (TPSA) is 53.9 Å². The second-order valence-electron chi connectivity index (χ2n) is 5.05. The predicted octanol–water partition coefficient (Wildman–Crippen LogP) is 3.35. The number of amides is 1. The van der Waals surface area contributed by atoms with Gasteiger partial charge in [0, 0.05) is 29.0 Å². The Bertz CT molecular complexity index is 684. The lowest BCUT2D eigenvalue weighted by molar-refractivity contribution is -0.120. The van der Waals surface area contributed by atoms with Gasteiger partial charge in [-0.1, -0.05) is 23.4 Å². The normalized spacial score (nSPS) is 10.6. The van der Waals surface area contributed by atoms with Crippen molar-refractivity contribution in [1.82, 2.24) is 0 Å². The van der Waals surface area contributed by atoms with Crippen LogP contribution in [0.15, 0.2) is 53.7 Å².